The number of pyridine rings is 1. The van der Waals surface area contributed by atoms with Crippen molar-refractivity contribution in [2.45, 2.75) is 0 Å². The minimum absolute atomic E-state index is 0.297. The third-order valence-corrected chi connectivity index (χ3v) is 4.33. The Morgan fingerprint density at radius 1 is 1.04 bits per heavy atom. The van der Waals surface area contributed by atoms with Crippen molar-refractivity contribution in [2.24, 2.45) is 0 Å². The number of rotatable bonds is 4. The van der Waals surface area contributed by atoms with Crippen molar-refractivity contribution >= 4 is 46.3 Å². The summed E-state index contributed by atoms with van der Waals surface area (Å²) in [6, 6.07) is 17.2. The van der Waals surface area contributed by atoms with Gasteiger partial charge in [-0.1, -0.05) is 29.3 Å². The van der Waals surface area contributed by atoms with E-state index in [1.807, 2.05) is 6.07 Å². The highest BCUT2D eigenvalue weighted by Gasteiger charge is 2.09. The average molecular weight is 383 g/mol. The van der Waals surface area contributed by atoms with E-state index >= 15 is 0 Å². The number of anilines is 3. The lowest BCUT2D eigenvalue weighted by molar-refractivity contribution is 0.102. The Labute approximate surface area is 160 Å². The van der Waals surface area contributed by atoms with Crippen LogP contribution in [0.1, 0.15) is 15.9 Å². The molecule has 0 spiro atoms. The molecule has 0 unspecified atom stereocenters. The molecule has 2 N–H and O–H groups in total. The average Bonchev–Trinajstić information content (AvgIpc) is 2.66. The normalized spacial score (nSPS) is 10.0. The fourth-order valence-electron chi connectivity index (χ4n) is 2.17. The Hall–Kier alpha value is -3.07. The van der Waals surface area contributed by atoms with Crippen molar-refractivity contribution < 1.29 is 4.79 Å². The first kappa shape index (κ1) is 17.7. The predicted octanol–water partition coefficient (Wildman–Crippen LogP) is 5.26. The van der Waals surface area contributed by atoms with Crippen molar-refractivity contribution in [1.82, 2.24) is 4.98 Å². The van der Waals surface area contributed by atoms with Crippen molar-refractivity contribution in [3.63, 3.8) is 0 Å². The SMILES string of the molecule is N#Cc1ccc(NC(=O)c2ccc(Nc3cccc(Cl)c3Cl)nc2)cc1. The molecule has 5 nitrogen and oxygen atoms in total. The van der Waals surface area contributed by atoms with Gasteiger partial charge in [0.2, 0.25) is 0 Å². The second-order valence-electron chi connectivity index (χ2n) is 5.30. The summed E-state index contributed by atoms with van der Waals surface area (Å²) in [6.45, 7) is 0. The largest absolute Gasteiger partial charge is 0.339 e. The zero-order valence-electron chi connectivity index (χ0n) is 13.3. The van der Waals surface area contributed by atoms with Crippen LogP contribution in [0, 0.1) is 11.3 Å². The summed E-state index contributed by atoms with van der Waals surface area (Å²) in [5, 5.41) is 15.4. The maximum Gasteiger partial charge on any atom is 0.257 e. The smallest absolute Gasteiger partial charge is 0.257 e. The Bertz CT molecular complexity index is 980. The van der Waals surface area contributed by atoms with Gasteiger partial charge < -0.3 is 10.6 Å². The molecular weight excluding hydrogens is 371 g/mol. The van der Waals surface area contributed by atoms with Crippen LogP contribution in [-0.4, -0.2) is 10.9 Å². The molecule has 1 heterocycles. The summed E-state index contributed by atoms with van der Waals surface area (Å²) in [5.41, 5.74) is 2.15. The first-order valence-corrected chi connectivity index (χ1v) is 8.31. The third-order valence-electron chi connectivity index (χ3n) is 3.51. The molecule has 2 aromatic carbocycles. The van der Waals surface area contributed by atoms with Gasteiger partial charge in [0.15, 0.2) is 0 Å². The lowest BCUT2D eigenvalue weighted by Crippen LogP contribution is -2.12. The van der Waals surface area contributed by atoms with E-state index in [0.29, 0.717) is 38.4 Å². The molecular formula is C19H12Cl2N4O. The van der Waals surface area contributed by atoms with E-state index in [4.69, 9.17) is 28.5 Å². The summed E-state index contributed by atoms with van der Waals surface area (Å²) in [5.74, 6) is 0.235. The molecule has 128 valence electrons. The fourth-order valence-corrected chi connectivity index (χ4v) is 2.52. The number of hydrogen-bond acceptors (Lipinski definition) is 4. The maximum atomic E-state index is 12.3. The van der Waals surface area contributed by atoms with Crippen LogP contribution in [0.25, 0.3) is 0 Å². The fraction of sp³-hybridized carbons (Fsp3) is 0. The second-order valence-corrected chi connectivity index (χ2v) is 6.09. The predicted molar refractivity (Wildman–Crippen MR) is 103 cm³/mol. The van der Waals surface area contributed by atoms with Gasteiger partial charge in [-0.2, -0.15) is 5.26 Å². The summed E-state index contributed by atoms with van der Waals surface area (Å²) in [4.78, 5) is 16.5. The van der Waals surface area contributed by atoms with Crippen LogP contribution in [0.2, 0.25) is 10.0 Å². The molecule has 0 aliphatic carbocycles. The van der Waals surface area contributed by atoms with Crippen molar-refractivity contribution in [3.8, 4) is 6.07 Å². The number of carbonyl (C=O) groups is 1. The Balaban J connectivity index is 1.69. The molecule has 0 aliphatic rings. The highest BCUT2D eigenvalue weighted by Crippen LogP contribution is 2.31. The summed E-state index contributed by atoms with van der Waals surface area (Å²) >= 11 is 12.1. The highest BCUT2D eigenvalue weighted by atomic mass is 35.5. The van der Waals surface area contributed by atoms with Crippen molar-refractivity contribution in [2.75, 3.05) is 10.6 Å². The first-order valence-electron chi connectivity index (χ1n) is 7.55. The zero-order chi connectivity index (χ0) is 18.5. The molecule has 3 aromatic rings. The zero-order valence-corrected chi connectivity index (χ0v) is 14.8. The summed E-state index contributed by atoms with van der Waals surface area (Å²) < 4.78 is 0. The molecule has 0 fully saturated rings. The van der Waals surface area contributed by atoms with Crippen molar-refractivity contribution in [1.29, 1.82) is 5.26 Å². The molecule has 0 saturated carbocycles. The molecule has 3 rings (SSSR count). The molecule has 0 radical (unpaired) electrons. The Kier molecular flexibility index (Phi) is 5.37. The first-order chi connectivity index (χ1) is 12.6. The second kappa shape index (κ2) is 7.87. The van der Waals surface area contributed by atoms with E-state index in [0.717, 1.165) is 0 Å². The summed E-state index contributed by atoms with van der Waals surface area (Å²) in [7, 11) is 0. The number of nitrogens with one attached hydrogen (secondary N) is 2. The quantitative estimate of drug-likeness (QED) is 0.645. The van der Waals surface area contributed by atoms with Crippen molar-refractivity contribution in [3.05, 3.63) is 82.0 Å². The third kappa shape index (κ3) is 4.12. The molecule has 0 saturated heterocycles. The van der Waals surface area contributed by atoms with Gasteiger partial charge in [-0.15, -0.1) is 0 Å². The van der Waals surface area contributed by atoms with E-state index in [2.05, 4.69) is 15.6 Å². The van der Waals surface area contributed by atoms with Gasteiger partial charge in [-0.05, 0) is 48.5 Å². The number of hydrogen-bond donors (Lipinski definition) is 2. The monoisotopic (exact) mass is 382 g/mol. The van der Waals surface area contributed by atoms with Crippen LogP contribution in [0.3, 0.4) is 0 Å². The van der Waals surface area contributed by atoms with Crippen LogP contribution >= 0.6 is 23.2 Å². The molecule has 0 aliphatic heterocycles. The molecule has 7 heteroatoms. The van der Waals surface area contributed by atoms with Gasteiger partial charge in [0.25, 0.3) is 5.91 Å². The van der Waals surface area contributed by atoms with Gasteiger partial charge >= 0.3 is 0 Å². The van der Waals surface area contributed by atoms with E-state index in [1.165, 1.54) is 6.20 Å². The number of amides is 1. The lowest BCUT2D eigenvalue weighted by Gasteiger charge is -2.09. The van der Waals surface area contributed by atoms with Crippen LogP contribution in [-0.2, 0) is 0 Å². The number of carbonyl (C=O) groups excluding carboxylic acids is 1. The van der Waals surface area contributed by atoms with Gasteiger partial charge in [0.1, 0.15) is 5.82 Å². The minimum Gasteiger partial charge on any atom is -0.339 e. The molecule has 0 bridgehead atoms. The number of nitrogens with zero attached hydrogens (tertiary/aromatic N) is 2. The highest BCUT2D eigenvalue weighted by molar-refractivity contribution is 6.43. The van der Waals surface area contributed by atoms with Gasteiger partial charge in [0, 0.05) is 11.9 Å². The van der Waals surface area contributed by atoms with Gasteiger partial charge in [-0.3, -0.25) is 4.79 Å². The minimum atomic E-state index is -0.297. The van der Waals surface area contributed by atoms with E-state index < -0.39 is 0 Å². The Morgan fingerprint density at radius 3 is 2.46 bits per heavy atom. The topological polar surface area (TPSA) is 77.8 Å². The maximum absolute atomic E-state index is 12.3. The van der Waals surface area contributed by atoms with Gasteiger partial charge in [0.05, 0.1) is 32.9 Å². The van der Waals surface area contributed by atoms with Crippen LogP contribution in [0.4, 0.5) is 17.2 Å². The number of nitriles is 1. The standard InChI is InChI=1S/C19H12Cl2N4O/c20-15-2-1-3-16(18(15)21)25-17-9-6-13(11-23-17)19(26)24-14-7-4-12(10-22)5-8-14/h1-9,11H,(H,23,25)(H,24,26). The number of aromatic nitrogens is 1. The lowest BCUT2D eigenvalue weighted by atomic mass is 10.2. The molecule has 1 aromatic heterocycles. The molecule has 0 atom stereocenters. The molecule has 1 amide bonds. The Morgan fingerprint density at radius 2 is 1.81 bits per heavy atom. The number of benzene rings is 2. The molecule has 26 heavy (non-hydrogen) atoms. The van der Waals surface area contributed by atoms with E-state index in [-0.39, 0.29) is 5.91 Å². The van der Waals surface area contributed by atoms with Gasteiger partial charge in [-0.25, -0.2) is 4.98 Å². The van der Waals surface area contributed by atoms with Crippen LogP contribution in [0.15, 0.2) is 60.8 Å². The van der Waals surface area contributed by atoms with Crippen LogP contribution < -0.4 is 10.6 Å². The van der Waals surface area contributed by atoms with E-state index in [9.17, 15) is 4.79 Å². The van der Waals surface area contributed by atoms with Crippen LogP contribution in [0.5, 0.6) is 0 Å². The number of halogens is 2. The van der Waals surface area contributed by atoms with E-state index in [1.54, 1.807) is 54.6 Å². The summed E-state index contributed by atoms with van der Waals surface area (Å²) in [6.07, 6.45) is 1.46.